The molecule has 0 radical (unpaired) electrons. The van der Waals surface area contributed by atoms with E-state index in [4.69, 9.17) is 5.53 Å². The highest BCUT2D eigenvalue weighted by molar-refractivity contribution is 5.51. The van der Waals surface area contributed by atoms with Gasteiger partial charge in [-0.25, -0.2) is 4.98 Å². The summed E-state index contributed by atoms with van der Waals surface area (Å²) in [6.45, 7) is 0. The van der Waals surface area contributed by atoms with Crippen LogP contribution in [0.1, 0.15) is 0 Å². The van der Waals surface area contributed by atoms with Crippen LogP contribution >= 0.6 is 0 Å². The lowest BCUT2D eigenvalue weighted by molar-refractivity contribution is -0.387. The molecule has 1 heterocycles. The Bertz CT molecular complexity index is 400. The van der Waals surface area contributed by atoms with Crippen LogP contribution in [0, 0.1) is 15.9 Å². The molecular formula is C5H2FN5O2. The van der Waals surface area contributed by atoms with E-state index in [9.17, 15) is 14.5 Å². The summed E-state index contributed by atoms with van der Waals surface area (Å²) in [5, 5.41) is 13.1. The van der Waals surface area contributed by atoms with Crippen LogP contribution in [-0.4, -0.2) is 9.91 Å². The van der Waals surface area contributed by atoms with Crippen molar-refractivity contribution >= 4 is 11.5 Å². The van der Waals surface area contributed by atoms with E-state index in [1.165, 1.54) is 0 Å². The molecule has 7 nitrogen and oxygen atoms in total. The SMILES string of the molecule is [N-]=[N+]=Nc1nccc(F)c1[N+](=O)[O-]. The summed E-state index contributed by atoms with van der Waals surface area (Å²) in [5.74, 6) is -1.66. The minimum absolute atomic E-state index is 0.576. The minimum atomic E-state index is -1.08. The van der Waals surface area contributed by atoms with Gasteiger partial charge in [0.05, 0.1) is 4.92 Å². The summed E-state index contributed by atoms with van der Waals surface area (Å²) in [4.78, 5) is 14.9. The van der Waals surface area contributed by atoms with E-state index >= 15 is 0 Å². The van der Waals surface area contributed by atoms with E-state index in [-0.39, 0.29) is 0 Å². The second-order valence-corrected chi connectivity index (χ2v) is 1.91. The van der Waals surface area contributed by atoms with Gasteiger partial charge in [-0.3, -0.25) is 10.1 Å². The molecule has 0 aliphatic carbocycles. The highest BCUT2D eigenvalue weighted by atomic mass is 19.1. The van der Waals surface area contributed by atoms with Gasteiger partial charge < -0.3 is 0 Å². The number of nitrogens with zero attached hydrogens (tertiary/aromatic N) is 5. The Kier molecular flexibility index (Phi) is 2.36. The van der Waals surface area contributed by atoms with Crippen LogP contribution in [-0.2, 0) is 0 Å². The van der Waals surface area contributed by atoms with Crippen LogP contribution < -0.4 is 0 Å². The Morgan fingerprint density at radius 1 is 1.77 bits per heavy atom. The zero-order chi connectivity index (χ0) is 9.84. The first-order valence-corrected chi connectivity index (χ1v) is 3.01. The second-order valence-electron chi connectivity index (χ2n) is 1.91. The molecule has 0 saturated carbocycles. The van der Waals surface area contributed by atoms with Gasteiger partial charge in [-0.15, -0.1) is 0 Å². The second kappa shape index (κ2) is 3.46. The predicted octanol–water partition coefficient (Wildman–Crippen LogP) is 2.07. The lowest BCUT2D eigenvalue weighted by Crippen LogP contribution is -1.93. The number of aromatic nitrogens is 1. The van der Waals surface area contributed by atoms with Gasteiger partial charge in [0, 0.05) is 11.1 Å². The first kappa shape index (κ1) is 8.88. The molecular weight excluding hydrogens is 181 g/mol. The fourth-order valence-electron chi connectivity index (χ4n) is 0.705. The molecule has 0 N–H and O–H groups in total. The van der Waals surface area contributed by atoms with Crippen LogP contribution in [0.5, 0.6) is 0 Å². The van der Waals surface area contributed by atoms with Crippen molar-refractivity contribution in [3.8, 4) is 0 Å². The monoisotopic (exact) mass is 183 g/mol. The third-order valence-corrected chi connectivity index (χ3v) is 1.18. The van der Waals surface area contributed by atoms with Gasteiger partial charge in [-0.05, 0) is 16.7 Å². The average molecular weight is 183 g/mol. The van der Waals surface area contributed by atoms with Crippen molar-refractivity contribution in [3.63, 3.8) is 0 Å². The maximum atomic E-state index is 12.8. The summed E-state index contributed by atoms with van der Waals surface area (Å²) in [6.07, 6.45) is 0.979. The smallest absolute Gasteiger partial charge is 0.258 e. The molecule has 0 fully saturated rings. The van der Waals surface area contributed by atoms with Crippen LogP contribution in [0.3, 0.4) is 0 Å². The zero-order valence-electron chi connectivity index (χ0n) is 6.09. The average Bonchev–Trinajstić information content (AvgIpc) is 2.04. The zero-order valence-corrected chi connectivity index (χ0v) is 6.09. The third-order valence-electron chi connectivity index (χ3n) is 1.18. The summed E-state index contributed by atoms with van der Waals surface area (Å²) in [6, 6.07) is 0.814. The predicted molar refractivity (Wildman–Crippen MR) is 39.7 cm³/mol. The van der Waals surface area contributed by atoms with E-state index in [0.717, 1.165) is 12.3 Å². The number of hydrogen-bond donors (Lipinski definition) is 0. The first-order valence-electron chi connectivity index (χ1n) is 3.01. The maximum absolute atomic E-state index is 12.8. The molecule has 0 aliphatic heterocycles. The molecule has 1 aromatic heterocycles. The highest BCUT2D eigenvalue weighted by Crippen LogP contribution is 2.26. The van der Waals surface area contributed by atoms with Crippen molar-refractivity contribution < 1.29 is 9.31 Å². The van der Waals surface area contributed by atoms with Gasteiger partial charge >= 0.3 is 5.69 Å². The Morgan fingerprint density at radius 3 is 3.00 bits per heavy atom. The van der Waals surface area contributed by atoms with E-state index in [1.807, 2.05) is 0 Å². The van der Waals surface area contributed by atoms with Crippen molar-refractivity contribution in [2.24, 2.45) is 5.11 Å². The molecule has 13 heavy (non-hydrogen) atoms. The number of rotatable bonds is 2. The van der Waals surface area contributed by atoms with Crippen LogP contribution in [0.25, 0.3) is 10.4 Å². The van der Waals surface area contributed by atoms with E-state index in [0.29, 0.717) is 0 Å². The number of azide groups is 1. The van der Waals surface area contributed by atoms with Gasteiger partial charge in [0.25, 0.3) is 0 Å². The van der Waals surface area contributed by atoms with Crippen LogP contribution in [0.2, 0.25) is 0 Å². The Balaban J connectivity index is 3.42. The largest absolute Gasteiger partial charge is 0.332 e. The van der Waals surface area contributed by atoms with Gasteiger partial charge in [0.2, 0.25) is 11.6 Å². The molecule has 1 rings (SSSR count). The molecule has 0 atom stereocenters. The molecule has 0 amide bonds. The Labute approximate surface area is 70.6 Å². The molecule has 0 unspecified atom stereocenters. The topological polar surface area (TPSA) is 105 Å². The summed E-state index contributed by atoms with van der Waals surface area (Å²) >= 11 is 0. The summed E-state index contributed by atoms with van der Waals surface area (Å²) in [7, 11) is 0. The first-order chi connectivity index (χ1) is 6.16. The number of pyridine rings is 1. The van der Waals surface area contributed by atoms with E-state index < -0.39 is 22.2 Å². The van der Waals surface area contributed by atoms with Gasteiger partial charge in [-0.1, -0.05) is 0 Å². The van der Waals surface area contributed by atoms with Crippen molar-refractivity contribution in [2.45, 2.75) is 0 Å². The Hall–Kier alpha value is -2.21. The van der Waals surface area contributed by atoms with E-state index in [2.05, 4.69) is 15.0 Å². The van der Waals surface area contributed by atoms with Gasteiger partial charge in [0.15, 0.2) is 0 Å². The number of hydrogen-bond acceptors (Lipinski definition) is 4. The fraction of sp³-hybridized carbons (Fsp3) is 0. The van der Waals surface area contributed by atoms with Gasteiger partial charge in [-0.2, -0.15) is 4.39 Å². The molecule has 0 bridgehead atoms. The normalized spacial score (nSPS) is 9.00. The lowest BCUT2D eigenvalue weighted by Gasteiger charge is -1.94. The van der Waals surface area contributed by atoms with Crippen LogP contribution in [0.4, 0.5) is 15.9 Å². The van der Waals surface area contributed by atoms with Crippen molar-refractivity contribution in [2.75, 3.05) is 0 Å². The van der Waals surface area contributed by atoms with Crippen molar-refractivity contribution in [1.82, 2.24) is 4.98 Å². The maximum Gasteiger partial charge on any atom is 0.332 e. The molecule has 66 valence electrons. The number of nitro groups is 1. The highest BCUT2D eigenvalue weighted by Gasteiger charge is 2.19. The third kappa shape index (κ3) is 1.68. The molecule has 0 aliphatic rings. The van der Waals surface area contributed by atoms with Crippen molar-refractivity contribution in [1.29, 1.82) is 0 Å². The number of halogens is 1. The molecule has 1 aromatic rings. The summed E-state index contributed by atoms with van der Waals surface area (Å²) in [5.41, 5.74) is 7.07. The van der Waals surface area contributed by atoms with Gasteiger partial charge in [0.1, 0.15) is 0 Å². The van der Waals surface area contributed by atoms with Crippen molar-refractivity contribution in [3.05, 3.63) is 38.6 Å². The quantitative estimate of drug-likeness (QED) is 0.230. The standard InChI is InChI=1S/C5H2FN5O2/c6-3-1-2-8-5(9-10-7)4(3)11(12)13/h1-2H. The molecule has 0 aromatic carbocycles. The molecule has 0 saturated heterocycles. The summed E-state index contributed by atoms with van der Waals surface area (Å²) < 4.78 is 12.8. The minimum Gasteiger partial charge on any atom is -0.258 e. The molecule has 8 heteroatoms. The fourth-order valence-corrected chi connectivity index (χ4v) is 0.705. The lowest BCUT2D eigenvalue weighted by atomic mass is 10.4. The molecule has 0 spiro atoms. The Morgan fingerprint density at radius 2 is 2.46 bits per heavy atom. The van der Waals surface area contributed by atoms with Crippen LogP contribution in [0.15, 0.2) is 17.4 Å². The van der Waals surface area contributed by atoms with E-state index in [1.54, 1.807) is 0 Å².